The Balaban J connectivity index is 0.00000338. The van der Waals surface area contributed by atoms with Gasteiger partial charge < -0.3 is 15.4 Å². The number of sulfone groups is 1. The lowest BCUT2D eigenvalue weighted by molar-refractivity contribution is 0.321. The number of ether oxygens (including phenoxy) is 1. The number of nitrogens with zero attached hydrogens (tertiary/aromatic N) is 1. The number of nitrogens with one attached hydrogen (secondary N) is 2. The normalized spacial score (nSPS) is 19.5. The third kappa shape index (κ3) is 7.30. The highest BCUT2D eigenvalue weighted by Gasteiger charge is 2.28. The molecular formula is C18H30IN3O3S. The molecule has 148 valence electrons. The maximum Gasteiger partial charge on any atom is 0.191 e. The molecule has 2 N–H and O–H groups in total. The van der Waals surface area contributed by atoms with Crippen LogP contribution >= 0.6 is 24.0 Å². The van der Waals surface area contributed by atoms with E-state index < -0.39 is 9.84 Å². The average Bonchev–Trinajstić information content (AvgIpc) is 2.88. The first-order valence-electron chi connectivity index (χ1n) is 8.60. The van der Waals surface area contributed by atoms with E-state index in [2.05, 4.69) is 48.5 Å². The van der Waals surface area contributed by atoms with Crippen molar-refractivity contribution in [3.63, 3.8) is 0 Å². The largest absolute Gasteiger partial charge is 0.492 e. The van der Waals surface area contributed by atoms with Crippen LogP contribution in [0.3, 0.4) is 0 Å². The lowest BCUT2D eigenvalue weighted by Gasteiger charge is -2.19. The van der Waals surface area contributed by atoms with Gasteiger partial charge in [-0.05, 0) is 29.5 Å². The van der Waals surface area contributed by atoms with Gasteiger partial charge in [0.15, 0.2) is 15.8 Å². The van der Waals surface area contributed by atoms with E-state index in [0.29, 0.717) is 25.5 Å². The molecule has 0 saturated carbocycles. The fourth-order valence-electron chi connectivity index (χ4n) is 2.69. The topological polar surface area (TPSA) is 79.8 Å². The summed E-state index contributed by atoms with van der Waals surface area (Å²) in [5.41, 5.74) is 1.40. The quantitative estimate of drug-likeness (QED) is 0.284. The first kappa shape index (κ1) is 23.0. The monoisotopic (exact) mass is 495 g/mol. The number of guanidine groups is 1. The molecule has 1 unspecified atom stereocenters. The minimum Gasteiger partial charge on any atom is -0.492 e. The van der Waals surface area contributed by atoms with Gasteiger partial charge in [0.05, 0.1) is 18.1 Å². The minimum absolute atomic E-state index is 0. The van der Waals surface area contributed by atoms with E-state index in [1.54, 1.807) is 7.05 Å². The molecule has 1 atom stereocenters. The third-order valence-electron chi connectivity index (χ3n) is 4.18. The van der Waals surface area contributed by atoms with Crippen LogP contribution in [0.4, 0.5) is 0 Å². The summed E-state index contributed by atoms with van der Waals surface area (Å²) in [5.74, 6) is 1.85. The van der Waals surface area contributed by atoms with E-state index in [1.807, 2.05) is 12.1 Å². The van der Waals surface area contributed by atoms with Gasteiger partial charge in [-0.2, -0.15) is 0 Å². The molecule has 0 bridgehead atoms. The summed E-state index contributed by atoms with van der Waals surface area (Å²) < 4.78 is 28.7. The van der Waals surface area contributed by atoms with Crippen molar-refractivity contribution in [1.29, 1.82) is 0 Å². The summed E-state index contributed by atoms with van der Waals surface area (Å²) in [7, 11) is -1.22. The number of benzene rings is 1. The number of rotatable bonds is 5. The van der Waals surface area contributed by atoms with Crippen LogP contribution in [0.25, 0.3) is 0 Å². The van der Waals surface area contributed by atoms with Gasteiger partial charge in [-0.1, -0.05) is 32.9 Å². The molecule has 0 radical (unpaired) electrons. The fourth-order valence-corrected chi connectivity index (χ4v) is 4.36. The predicted octanol–water partition coefficient (Wildman–Crippen LogP) is 2.33. The van der Waals surface area contributed by atoms with E-state index in [1.165, 1.54) is 5.56 Å². The number of hydrogen-bond acceptors (Lipinski definition) is 4. The minimum atomic E-state index is -2.89. The summed E-state index contributed by atoms with van der Waals surface area (Å²) in [6, 6.07) is 8.07. The Bertz CT molecular complexity index is 697. The lowest BCUT2D eigenvalue weighted by Crippen LogP contribution is -2.45. The molecule has 1 aliphatic rings. The molecule has 6 nitrogen and oxygen atoms in total. The number of hydrogen-bond donors (Lipinski definition) is 2. The zero-order valence-corrected chi connectivity index (χ0v) is 19.1. The van der Waals surface area contributed by atoms with Gasteiger partial charge in [-0.25, -0.2) is 8.42 Å². The zero-order valence-electron chi connectivity index (χ0n) is 15.9. The van der Waals surface area contributed by atoms with Crippen molar-refractivity contribution in [3.05, 3.63) is 29.8 Å². The summed E-state index contributed by atoms with van der Waals surface area (Å²) in [5, 5.41) is 6.30. The van der Waals surface area contributed by atoms with Crippen LogP contribution in [-0.4, -0.2) is 52.1 Å². The smallest absolute Gasteiger partial charge is 0.191 e. The highest BCUT2D eigenvalue weighted by molar-refractivity contribution is 14.0. The summed E-state index contributed by atoms with van der Waals surface area (Å²) in [6.07, 6.45) is 0.625. The van der Waals surface area contributed by atoms with Gasteiger partial charge in [0.1, 0.15) is 12.4 Å². The summed E-state index contributed by atoms with van der Waals surface area (Å²) in [6.45, 7) is 7.63. The Kier molecular flexibility index (Phi) is 8.65. The van der Waals surface area contributed by atoms with E-state index in [-0.39, 0.29) is 46.9 Å². The van der Waals surface area contributed by atoms with Crippen LogP contribution < -0.4 is 15.4 Å². The molecule has 2 rings (SSSR count). The fraction of sp³-hybridized carbons (Fsp3) is 0.611. The van der Waals surface area contributed by atoms with E-state index in [0.717, 1.165) is 5.75 Å². The van der Waals surface area contributed by atoms with E-state index in [9.17, 15) is 8.42 Å². The second kappa shape index (κ2) is 9.77. The van der Waals surface area contributed by atoms with E-state index in [4.69, 9.17) is 4.74 Å². The Morgan fingerprint density at radius 3 is 2.42 bits per heavy atom. The van der Waals surface area contributed by atoms with Crippen molar-refractivity contribution in [3.8, 4) is 5.75 Å². The van der Waals surface area contributed by atoms with Gasteiger partial charge >= 0.3 is 0 Å². The highest BCUT2D eigenvalue weighted by atomic mass is 127. The van der Waals surface area contributed by atoms with Gasteiger partial charge in [0, 0.05) is 13.1 Å². The first-order chi connectivity index (χ1) is 11.7. The van der Waals surface area contributed by atoms with Crippen LogP contribution in [0, 0.1) is 0 Å². The highest BCUT2D eigenvalue weighted by Crippen LogP contribution is 2.24. The Morgan fingerprint density at radius 1 is 1.27 bits per heavy atom. The van der Waals surface area contributed by atoms with Gasteiger partial charge in [0.2, 0.25) is 0 Å². The first-order valence-corrected chi connectivity index (χ1v) is 10.4. The molecule has 0 amide bonds. The molecule has 0 spiro atoms. The maximum absolute atomic E-state index is 11.5. The van der Waals surface area contributed by atoms with E-state index >= 15 is 0 Å². The molecule has 8 heteroatoms. The van der Waals surface area contributed by atoms with Crippen LogP contribution in [-0.2, 0) is 15.3 Å². The molecular weight excluding hydrogens is 465 g/mol. The molecule has 1 aromatic carbocycles. The van der Waals surface area contributed by atoms with Gasteiger partial charge in [0.25, 0.3) is 0 Å². The van der Waals surface area contributed by atoms with Crippen molar-refractivity contribution in [2.24, 2.45) is 4.99 Å². The molecule has 1 aromatic rings. The van der Waals surface area contributed by atoms with Crippen LogP contribution in [0.1, 0.15) is 32.8 Å². The Morgan fingerprint density at radius 2 is 1.92 bits per heavy atom. The lowest BCUT2D eigenvalue weighted by atomic mass is 9.87. The molecule has 1 aliphatic heterocycles. The Labute approximate surface area is 174 Å². The molecule has 0 aliphatic carbocycles. The van der Waals surface area contributed by atoms with Crippen LogP contribution in [0.15, 0.2) is 29.3 Å². The SMILES string of the molecule is CN=C(NCCOc1ccc(C(C)(C)C)cc1)NC1CCS(=O)(=O)C1.I. The predicted molar refractivity (Wildman–Crippen MR) is 118 cm³/mol. The Hall–Kier alpha value is -1.03. The zero-order chi connectivity index (χ0) is 18.5. The molecule has 1 fully saturated rings. The third-order valence-corrected chi connectivity index (χ3v) is 5.95. The van der Waals surface area contributed by atoms with Crippen molar-refractivity contribution in [2.75, 3.05) is 31.7 Å². The maximum atomic E-state index is 11.5. The molecule has 1 saturated heterocycles. The van der Waals surface area contributed by atoms with Gasteiger partial charge in [-0.15, -0.1) is 24.0 Å². The number of halogens is 1. The second-order valence-electron chi connectivity index (χ2n) is 7.37. The van der Waals surface area contributed by atoms with Crippen molar-refractivity contribution in [2.45, 2.75) is 38.6 Å². The summed E-state index contributed by atoms with van der Waals surface area (Å²) >= 11 is 0. The van der Waals surface area contributed by atoms with Crippen molar-refractivity contribution >= 4 is 39.8 Å². The van der Waals surface area contributed by atoms with Gasteiger partial charge in [-0.3, -0.25) is 4.99 Å². The standard InChI is InChI=1S/C18H29N3O3S.HI/c1-18(2,3)14-5-7-16(8-6-14)24-11-10-20-17(19-4)21-15-9-12-25(22,23)13-15;/h5-8,15H,9-13H2,1-4H3,(H2,19,20,21);1H. The van der Waals surface area contributed by atoms with Crippen LogP contribution in [0.2, 0.25) is 0 Å². The van der Waals surface area contributed by atoms with Crippen LogP contribution in [0.5, 0.6) is 5.75 Å². The van der Waals surface area contributed by atoms with Crippen molar-refractivity contribution < 1.29 is 13.2 Å². The number of aliphatic imine (C=N–C) groups is 1. The van der Waals surface area contributed by atoms with Crippen molar-refractivity contribution in [1.82, 2.24) is 10.6 Å². The second-order valence-corrected chi connectivity index (χ2v) is 9.59. The molecule has 0 aromatic heterocycles. The average molecular weight is 495 g/mol. The molecule has 1 heterocycles. The summed E-state index contributed by atoms with van der Waals surface area (Å²) in [4.78, 5) is 4.13. The molecule has 26 heavy (non-hydrogen) atoms.